The predicted octanol–water partition coefficient (Wildman–Crippen LogP) is 3.41. The average molecular weight is 309 g/mol. The maximum Gasteiger partial charge on any atom is 0.337 e. The van der Waals surface area contributed by atoms with Gasteiger partial charge in [-0.1, -0.05) is 23.7 Å². The molecular weight excluding hydrogens is 295 g/mol. The summed E-state index contributed by atoms with van der Waals surface area (Å²) in [6, 6.07) is 8.98. The summed E-state index contributed by atoms with van der Waals surface area (Å²) in [5, 5.41) is 12.4. The van der Waals surface area contributed by atoms with Gasteiger partial charge in [0.15, 0.2) is 0 Å². The second kappa shape index (κ2) is 6.45. The number of hydrogen-bond donors (Lipinski definition) is 3. The summed E-state index contributed by atoms with van der Waals surface area (Å²) >= 11 is 6.03. The molecule has 4 N–H and O–H groups in total. The van der Waals surface area contributed by atoms with E-state index in [1.165, 1.54) is 24.3 Å². The summed E-state index contributed by atoms with van der Waals surface area (Å²) in [5.74, 6) is -1.39. The van der Waals surface area contributed by atoms with Crippen LogP contribution in [0.5, 0.6) is 0 Å². The van der Waals surface area contributed by atoms with Gasteiger partial charge in [-0.05, 0) is 36.2 Å². The molecule has 6 heteroatoms. The number of nitrogens with two attached hydrogens (primary N) is 1. The number of carboxylic acid groups (broad SMARTS) is 1. The summed E-state index contributed by atoms with van der Waals surface area (Å²) < 4.78 is 12.8. The molecule has 0 bridgehead atoms. The van der Waals surface area contributed by atoms with Crippen molar-refractivity contribution in [2.45, 2.75) is 6.42 Å². The van der Waals surface area contributed by atoms with Gasteiger partial charge in [0.05, 0.1) is 16.3 Å². The predicted molar refractivity (Wildman–Crippen MR) is 81.4 cm³/mol. The Hall–Kier alpha value is -2.27. The second-order valence-corrected chi connectivity index (χ2v) is 4.94. The van der Waals surface area contributed by atoms with Crippen LogP contribution in [-0.4, -0.2) is 17.6 Å². The van der Waals surface area contributed by atoms with E-state index in [1.807, 2.05) is 0 Å². The van der Waals surface area contributed by atoms with Crippen LogP contribution in [0.1, 0.15) is 15.9 Å². The molecule has 21 heavy (non-hydrogen) atoms. The van der Waals surface area contributed by atoms with Crippen LogP contribution >= 0.6 is 11.6 Å². The minimum absolute atomic E-state index is 0.0270. The van der Waals surface area contributed by atoms with E-state index in [1.54, 1.807) is 12.1 Å². The van der Waals surface area contributed by atoms with Gasteiger partial charge >= 0.3 is 5.97 Å². The molecule has 0 aliphatic carbocycles. The molecule has 2 aromatic carbocycles. The number of rotatable bonds is 5. The van der Waals surface area contributed by atoms with E-state index >= 15 is 0 Å². The maximum absolute atomic E-state index is 12.8. The molecule has 0 heterocycles. The Morgan fingerprint density at radius 2 is 1.95 bits per heavy atom. The first-order valence-corrected chi connectivity index (χ1v) is 6.66. The van der Waals surface area contributed by atoms with Crippen molar-refractivity contribution >= 4 is 28.9 Å². The van der Waals surface area contributed by atoms with Crippen molar-refractivity contribution in [1.82, 2.24) is 0 Å². The maximum atomic E-state index is 12.8. The van der Waals surface area contributed by atoms with Crippen LogP contribution in [0, 0.1) is 5.82 Å². The highest BCUT2D eigenvalue weighted by atomic mass is 35.5. The molecule has 110 valence electrons. The molecule has 0 saturated carbocycles. The van der Waals surface area contributed by atoms with Crippen molar-refractivity contribution in [3.05, 3.63) is 58.4 Å². The summed E-state index contributed by atoms with van der Waals surface area (Å²) in [7, 11) is 0. The van der Waals surface area contributed by atoms with Gasteiger partial charge in [-0.2, -0.15) is 0 Å². The Morgan fingerprint density at radius 1 is 1.29 bits per heavy atom. The summed E-state index contributed by atoms with van der Waals surface area (Å²) in [4.78, 5) is 11.2. The van der Waals surface area contributed by atoms with Gasteiger partial charge in [0.1, 0.15) is 5.82 Å². The number of halogens is 2. The molecule has 0 aliphatic rings. The minimum Gasteiger partial charge on any atom is -0.478 e. The standard InChI is InChI=1S/C15H14ClFN2O2/c16-13-8-11(18)7-12(15(20)21)14(13)19-6-5-9-1-3-10(17)4-2-9/h1-4,7-8,19H,5-6,18H2,(H,20,21). The number of benzene rings is 2. The van der Waals surface area contributed by atoms with Crippen LogP contribution in [0.3, 0.4) is 0 Å². The van der Waals surface area contributed by atoms with Crippen molar-refractivity contribution in [3.8, 4) is 0 Å². The largest absolute Gasteiger partial charge is 0.478 e. The molecule has 0 radical (unpaired) electrons. The van der Waals surface area contributed by atoms with Crippen LogP contribution in [0.25, 0.3) is 0 Å². The first kappa shape index (κ1) is 15.1. The monoisotopic (exact) mass is 308 g/mol. The second-order valence-electron chi connectivity index (χ2n) is 4.53. The summed E-state index contributed by atoms with van der Waals surface area (Å²) in [5.41, 5.74) is 7.18. The first-order valence-electron chi connectivity index (χ1n) is 6.28. The number of nitrogens with one attached hydrogen (secondary N) is 1. The summed E-state index contributed by atoms with van der Waals surface area (Å²) in [6.45, 7) is 0.468. The van der Waals surface area contributed by atoms with E-state index in [4.69, 9.17) is 22.4 Å². The third-order valence-corrected chi connectivity index (χ3v) is 3.27. The molecule has 2 rings (SSSR count). The van der Waals surface area contributed by atoms with Gasteiger partial charge in [-0.25, -0.2) is 9.18 Å². The van der Waals surface area contributed by atoms with Crippen LogP contribution < -0.4 is 11.1 Å². The lowest BCUT2D eigenvalue weighted by atomic mass is 10.1. The zero-order valence-electron chi connectivity index (χ0n) is 11.1. The zero-order valence-corrected chi connectivity index (χ0v) is 11.8. The Balaban J connectivity index is 2.09. The fraction of sp³-hybridized carbons (Fsp3) is 0.133. The van der Waals surface area contributed by atoms with Crippen LogP contribution in [0.4, 0.5) is 15.8 Å². The molecule has 2 aromatic rings. The molecule has 0 spiro atoms. The lowest BCUT2D eigenvalue weighted by molar-refractivity contribution is 0.0698. The normalized spacial score (nSPS) is 10.4. The molecule has 0 unspecified atom stereocenters. The Morgan fingerprint density at radius 3 is 2.57 bits per heavy atom. The first-order chi connectivity index (χ1) is 9.97. The van der Waals surface area contributed by atoms with Crippen LogP contribution in [-0.2, 0) is 6.42 Å². The number of hydrogen-bond acceptors (Lipinski definition) is 3. The molecule has 0 atom stereocenters. The van der Waals surface area contributed by atoms with Gasteiger partial charge < -0.3 is 16.2 Å². The van der Waals surface area contributed by atoms with Crippen molar-refractivity contribution in [2.75, 3.05) is 17.6 Å². The van der Waals surface area contributed by atoms with Crippen molar-refractivity contribution in [1.29, 1.82) is 0 Å². The quantitative estimate of drug-likeness (QED) is 0.740. The summed E-state index contributed by atoms with van der Waals surface area (Å²) in [6.07, 6.45) is 0.611. The Kier molecular flexibility index (Phi) is 4.65. The fourth-order valence-electron chi connectivity index (χ4n) is 1.96. The number of nitrogen functional groups attached to an aromatic ring is 1. The number of anilines is 2. The topological polar surface area (TPSA) is 75.3 Å². The number of carbonyl (C=O) groups is 1. The van der Waals surface area contributed by atoms with Gasteiger partial charge in [0.25, 0.3) is 0 Å². The lowest BCUT2D eigenvalue weighted by Gasteiger charge is -2.12. The van der Waals surface area contributed by atoms with E-state index in [0.717, 1.165) is 5.56 Å². The van der Waals surface area contributed by atoms with Crippen LogP contribution in [0.15, 0.2) is 36.4 Å². The van der Waals surface area contributed by atoms with E-state index in [0.29, 0.717) is 24.3 Å². The van der Waals surface area contributed by atoms with E-state index in [9.17, 15) is 9.18 Å². The smallest absolute Gasteiger partial charge is 0.337 e. The van der Waals surface area contributed by atoms with Gasteiger partial charge in [-0.15, -0.1) is 0 Å². The third kappa shape index (κ3) is 3.86. The van der Waals surface area contributed by atoms with E-state index in [2.05, 4.69) is 5.32 Å². The Labute approximate surface area is 126 Å². The highest BCUT2D eigenvalue weighted by Gasteiger charge is 2.14. The molecule has 0 saturated heterocycles. The Bertz CT molecular complexity index is 659. The molecule has 0 aromatic heterocycles. The number of carboxylic acids is 1. The molecular formula is C15H14ClFN2O2. The zero-order chi connectivity index (χ0) is 15.4. The highest BCUT2D eigenvalue weighted by Crippen LogP contribution is 2.29. The van der Waals surface area contributed by atoms with Gasteiger partial charge in [0, 0.05) is 12.2 Å². The fourth-order valence-corrected chi connectivity index (χ4v) is 2.25. The van der Waals surface area contributed by atoms with Crippen molar-refractivity contribution in [2.24, 2.45) is 0 Å². The molecule has 0 amide bonds. The van der Waals surface area contributed by atoms with Gasteiger partial charge in [-0.3, -0.25) is 0 Å². The van der Waals surface area contributed by atoms with Gasteiger partial charge in [0.2, 0.25) is 0 Å². The van der Waals surface area contributed by atoms with Crippen molar-refractivity contribution in [3.63, 3.8) is 0 Å². The van der Waals surface area contributed by atoms with E-state index < -0.39 is 5.97 Å². The third-order valence-electron chi connectivity index (χ3n) is 2.97. The SMILES string of the molecule is Nc1cc(Cl)c(NCCc2ccc(F)cc2)c(C(=O)O)c1. The van der Waals surface area contributed by atoms with Crippen LogP contribution in [0.2, 0.25) is 5.02 Å². The average Bonchev–Trinajstić information content (AvgIpc) is 2.42. The molecule has 0 aliphatic heterocycles. The van der Waals surface area contributed by atoms with Crippen molar-refractivity contribution < 1.29 is 14.3 Å². The highest BCUT2D eigenvalue weighted by molar-refractivity contribution is 6.34. The minimum atomic E-state index is -1.10. The van der Waals surface area contributed by atoms with E-state index in [-0.39, 0.29) is 16.4 Å². The molecule has 4 nitrogen and oxygen atoms in total. The number of aromatic carboxylic acids is 1. The molecule has 0 fully saturated rings. The lowest BCUT2D eigenvalue weighted by Crippen LogP contribution is -2.10.